The summed E-state index contributed by atoms with van der Waals surface area (Å²) in [6.45, 7) is 4.41. The summed E-state index contributed by atoms with van der Waals surface area (Å²) in [5, 5.41) is 11.6. The molecule has 0 saturated carbocycles. The van der Waals surface area contributed by atoms with Gasteiger partial charge < -0.3 is 14.8 Å². The van der Waals surface area contributed by atoms with Crippen LogP contribution in [-0.4, -0.2) is 23.0 Å². The van der Waals surface area contributed by atoms with Gasteiger partial charge >= 0.3 is 0 Å². The molecule has 0 radical (unpaired) electrons. The zero-order chi connectivity index (χ0) is 13.2. The molecule has 98 valence electrons. The van der Waals surface area contributed by atoms with Crippen molar-refractivity contribution in [1.82, 2.24) is 10.2 Å². The highest BCUT2D eigenvalue weighted by Gasteiger charge is 2.14. The zero-order valence-corrected chi connectivity index (χ0v) is 10.9. The normalized spacial score (nSPS) is 12.8. The highest BCUT2D eigenvalue weighted by atomic mass is 16.7. The second kappa shape index (κ2) is 4.76. The highest BCUT2D eigenvalue weighted by Crippen LogP contribution is 2.35. The van der Waals surface area contributed by atoms with Gasteiger partial charge in [0.1, 0.15) is 5.82 Å². The summed E-state index contributed by atoms with van der Waals surface area (Å²) < 4.78 is 10.6. The third-order valence-corrected chi connectivity index (χ3v) is 2.77. The number of nitrogens with one attached hydrogen (secondary N) is 1. The molecule has 1 aliphatic heterocycles. The van der Waals surface area contributed by atoms with Crippen LogP contribution in [0.1, 0.15) is 13.8 Å². The average molecular weight is 257 g/mol. The van der Waals surface area contributed by atoms with Crippen LogP contribution in [0.2, 0.25) is 0 Å². The Morgan fingerprint density at radius 1 is 1.05 bits per heavy atom. The van der Waals surface area contributed by atoms with Gasteiger partial charge in [0.2, 0.25) is 6.79 Å². The Morgan fingerprint density at radius 3 is 2.63 bits per heavy atom. The lowest BCUT2D eigenvalue weighted by molar-refractivity contribution is 0.174. The maximum Gasteiger partial charge on any atom is 0.231 e. The molecule has 1 aromatic heterocycles. The lowest BCUT2D eigenvalue weighted by Gasteiger charge is -2.08. The molecule has 0 spiro atoms. The van der Waals surface area contributed by atoms with E-state index in [0.717, 1.165) is 28.6 Å². The van der Waals surface area contributed by atoms with E-state index in [9.17, 15) is 0 Å². The summed E-state index contributed by atoms with van der Waals surface area (Å²) in [6, 6.07) is 9.96. The fourth-order valence-corrected chi connectivity index (χ4v) is 1.91. The monoisotopic (exact) mass is 257 g/mol. The Morgan fingerprint density at radius 2 is 1.89 bits per heavy atom. The third-order valence-electron chi connectivity index (χ3n) is 2.77. The Bertz CT molecular complexity index is 582. The van der Waals surface area contributed by atoms with Gasteiger partial charge in [0, 0.05) is 11.6 Å². The van der Waals surface area contributed by atoms with Gasteiger partial charge in [-0.2, -0.15) is 0 Å². The van der Waals surface area contributed by atoms with Crippen molar-refractivity contribution in [2.75, 3.05) is 12.1 Å². The molecule has 1 N–H and O–H groups in total. The Labute approximate surface area is 111 Å². The van der Waals surface area contributed by atoms with E-state index in [0.29, 0.717) is 6.04 Å². The number of hydrogen-bond donors (Lipinski definition) is 1. The van der Waals surface area contributed by atoms with Crippen molar-refractivity contribution in [3.05, 3.63) is 30.3 Å². The van der Waals surface area contributed by atoms with Crippen LogP contribution in [0.3, 0.4) is 0 Å². The Kier molecular flexibility index (Phi) is 2.95. The van der Waals surface area contributed by atoms with Crippen molar-refractivity contribution in [2.24, 2.45) is 0 Å². The molecule has 19 heavy (non-hydrogen) atoms. The molecule has 0 saturated heterocycles. The number of aromatic nitrogens is 2. The van der Waals surface area contributed by atoms with Crippen molar-refractivity contribution in [1.29, 1.82) is 0 Å². The van der Waals surface area contributed by atoms with Crippen LogP contribution >= 0.6 is 0 Å². The van der Waals surface area contributed by atoms with Gasteiger partial charge in [-0.1, -0.05) is 0 Å². The van der Waals surface area contributed by atoms with E-state index in [1.54, 1.807) is 0 Å². The van der Waals surface area contributed by atoms with Gasteiger partial charge in [0.25, 0.3) is 0 Å². The summed E-state index contributed by atoms with van der Waals surface area (Å²) in [7, 11) is 0. The number of rotatable bonds is 3. The smallest absolute Gasteiger partial charge is 0.231 e. The number of ether oxygens (including phenoxy) is 2. The molecule has 1 aromatic carbocycles. The van der Waals surface area contributed by atoms with Crippen LogP contribution in [0.25, 0.3) is 11.3 Å². The molecule has 2 aromatic rings. The summed E-state index contributed by atoms with van der Waals surface area (Å²) in [5.41, 5.74) is 1.78. The molecule has 2 heterocycles. The van der Waals surface area contributed by atoms with E-state index in [4.69, 9.17) is 9.47 Å². The summed E-state index contributed by atoms with van der Waals surface area (Å²) in [6.07, 6.45) is 0. The van der Waals surface area contributed by atoms with Crippen LogP contribution < -0.4 is 14.8 Å². The van der Waals surface area contributed by atoms with E-state index >= 15 is 0 Å². The Hall–Kier alpha value is -2.30. The minimum atomic E-state index is 0.279. The van der Waals surface area contributed by atoms with Gasteiger partial charge in [0.15, 0.2) is 11.5 Å². The van der Waals surface area contributed by atoms with Gasteiger partial charge in [-0.3, -0.25) is 0 Å². The van der Waals surface area contributed by atoms with Crippen molar-refractivity contribution >= 4 is 5.82 Å². The van der Waals surface area contributed by atoms with Crippen LogP contribution in [-0.2, 0) is 0 Å². The van der Waals surface area contributed by atoms with Crippen LogP contribution in [0, 0.1) is 0 Å². The van der Waals surface area contributed by atoms with Crippen molar-refractivity contribution in [3.8, 4) is 22.8 Å². The molecule has 5 nitrogen and oxygen atoms in total. The lowest BCUT2D eigenvalue weighted by Crippen LogP contribution is -2.11. The fraction of sp³-hybridized carbons (Fsp3) is 0.286. The van der Waals surface area contributed by atoms with Gasteiger partial charge in [0.05, 0.1) is 5.69 Å². The first-order valence-electron chi connectivity index (χ1n) is 6.22. The molecule has 0 aliphatic carbocycles. The summed E-state index contributed by atoms with van der Waals surface area (Å²) >= 11 is 0. The third kappa shape index (κ3) is 2.45. The molecule has 3 rings (SSSR count). The van der Waals surface area contributed by atoms with E-state index in [-0.39, 0.29) is 6.79 Å². The van der Waals surface area contributed by atoms with E-state index < -0.39 is 0 Å². The molecule has 0 amide bonds. The second-order valence-corrected chi connectivity index (χ2v) is 4.67. The summed E-state index contributed by atoms with van der Waals surface area (Å²) in [5.74, 6) is 2.30. The number of nitrogens with zero attached hydrogens (tertiary/aromatic N) is 2. The second-order valence-electron chi connectivity index (χ2n) is 4.67. The molecule has 0 atom stereocenters. The first-order chi connectivity index (χ1) is 9.22. The van der Waals surface area contributed by atoms with Crippen LogP contribution in [0.5, 0.6) is 11.5 Å². The van der Waals surface area contributed by atoms with Gasteiger partial charge in [-0.15, -0.1) is 10.2 Å². The van der Waals surface area contributed by atoms with Crippen molar-refractivity contribution in [3.63, 3.8) is 0 Å². The highest BCUT2D eigenvalue weighted by molar-refractivity contribution is 5.64. The maximum atomic E-state index is 5.35. The molecule has 0 unspecified atom stereocenters. The topological polar surface area (TPSA) is 56.3 Å². The van der Waals surface area contributed by atoms with Crippen molar-refractivity contribution in [2.45, 2.75) is 19.9 Å². The number of benzene rings is 1. The molecule has 0 fully saturated rings. The molecule has 1 aliphatic rings. The predicted molar refractivity (Wildman–Crippen MR) is 72.3 cm³/mol. The predicted octanol–water partition coefficient (Wildman–Crippen LogP) is 2.69. The van der Waals surface area contributed by atoms with Gasteiger partial charge in [-0.05, 0) is 44.2 Å². The van der Waals surface area contributed by atoms with Crippen LogP contribution in [0.4, 0.5) is 5.82 Å². The molecular weight excluding hydrogens is 242 g/mol. The summed E-state index contributed by atoms with van der Waals surface area (Å²) in [4.78, 5) is 0. The quantitative estimate of drug-likeness (QED) is 0.916. The lowest BCUT2D eigenvalue weighted by atomic mass is 10.1. The minimum Gasteiger partial charge on any atom is -0.454 e. The molecule has 0 bridgehead atoms. The van der Waals surface area contributed by atoms with E-state index in [1.165, 1.54) is 0 Å². The SMILES string of the molecule is CC(C)Nc1ccc(-c2ccc3c(c2)OCO3)nn1. The first kappa shape index (κ1) is 11.8. The maximum absolute atomic E-state index is 5.35. The van der Waals surface area contributed by atoms with Crippen molar-refractivity contribution < 1.29 is 9.47 Å². The number of fused-ring (bicyclic) bond motifs is 1. The largest absolute Gasteiger partial charge is 0.454 e. The first-order valence-corrected chi connectivity index (χ1v) is 6.22. The zero-order valence-electron chi connectivity index (χ0n) is 10.9. The van der Waals surface area contributed by atoms with E-state index in [1.807, 2.05) is 30.3 Å². The fourth-order valence-electron chi connectivity index (χ4n) is 1.91. The molecular formula is C14H15N3O2. The minimum absolute atomic E-state index is 0.279. The Balaban J connectivity index is 1.86. The number of anilines is 1. The standard InChI is InChI=1S/C14H15N3O2/c1-9(2)15-14-6-4-11(16-17-14)10-3-5-12-13(7-10)19-8-18-12/h3-7,9H,8H2,1-2H3,(H,15,17). The van der Waals surface area contributed by atoms with E-state index in [2.05, 4.69) is 29.4 Å². The van der Waals surface area contributed by atoms with Crippen LogP contribution in [0.15, 0.2) is 30.3 Å². The number of hydrogen-bond acceptors (Lipinski definition) is 5. The molecule has 5 heteroatoms. The average Bonchev–Trinajstić information content (AvgIpc) is 2.86. The van der Waals surface area contributed by atoms with Gasteiger partial charge in [-0.25, -0.2) is 0 Å².